The lowest BCUT2D eigenvalue weighted by molar-refractivity contribution is -0.115. The number of nitrogens with zero attached hydrogens (tertiary/aromatic N) is 1. The molecule has 0 saturated heterocycles. The number of benzene rings is 4. The molecule has 0 aliphatic heterocycles. The van der Waals surface area contributed by atoms with Crippen LogP contribution >= 0.6 is 0 Å². The summed E-state index contributed by atoms with van der Waals surface area (Å²) in [6.45, 7) is 2.17. The minimum atomic E-state index is -0.353. The van der Waals surface area contributed by atoms with Crippen LogP contribution in [0, 0.1) is 12.7 Å². The third kappa shape index (κ3) is 6.36. The van der Waals surface area contributed by atoms with E-state index in [1.165, 1.54) is 12.1 Å². The molecule has 0 saturated carbocycles. The summed E-state index contributed by atoms with van der Waals surface area (Å²) in [6, 6.07) is 27.9. The first kappa shape index (κ1) is 24.7. The fourth-order valence-corrected chi connectivity index (χ4v) is 3.81. The van der Waals surface area contributed by atoms with Gasteiger partial charge in [-0.3, -0.25) is 9.59 Å². The van der Waals surface area contributed by atoms with E-state index in [4.69, 9.17) is 4.74 Å². The molecule has 36 heavy (non-hydrogen) atoms. The summed E-state index contributed by atoms with van der Waals surface area (Å²) in [5.74, 6) is 0.0181. The van der Waals surface area contributed by atoms with Crippen molar-refractivity contribution in [3.63, 3.8) is 0 Å². The molecular formula is C30H27FN2O3. The van der Waals surface area contributed by atoms with Gasteiger partial charge in [0.25, 0.3) is 5.91 Å². The number of hydrogen-bond acceptors (Lipinski definition) is 3. The Morgan fingerprint density at radius 1 is 0.861 bits per heavy atom. The van der Waals surface area contributed by atoms with Crippen LogP contribution in [0.2, 0.25) is 0 Å². The summed E-state index contributed by atoms with van der Waals surface area (Å²) in [5, 5.41) is 2.87. The molecule has 0 fully saturated rings. The molecule has 0 aliphatic rings. The summed E-state index contributed by atoms with van der Waals surface area (Å²) in [5.41, 5.74) is 4.42. The zero-order valence-electron chi connectivity index (χ0n) is 20.2. The van der Waals surface area contributed by atoms with Crippen molar-refractivity contribution >= 4 is 23.2 Å². The number of carbonyl (C=O) groups is 2. The molecule has 182 valence electrons. The molecule has 5 nitrogen and oxygen atoms in total. The molecule has 0 heterocycles. The molecule has 2 amide bonds. The van der Waals surface area contributed by atoms with Crippen molar-refractivity contribution in [2.45, 2.75) is 19.9 Å². The van der Waals surface area contributed by atoms with Gasteiger partial charge in [-0.1, -0.05) is 42.0 Å². The van der Waals surface area contributed by atoms with Crippen LogP contribution in [0.5, 0.6) is 5.75 Å². The van der Waals surface area contributed by atoms with Crippen LogP contribution in [0.3, 0.4) is 0 Å². The molecule has 0 spiro atoms. The summed E-state index contributed by atoms with van der Waals surface area (Å²) in [6.07, 6.45) is 0.183. The first-order chi connectivity index (χ1) is 17.4. The van der Waals surface area contributed by atoms with Gasteiger partial charge in [0, 0.05) is 16.9 Å². The number of rotatable bonds is 8. The molecule has 4 aromatic carbocycles. The normalized spacial score (nSPS) is 10.5. The van der Waals surface area contributed by atoms with Gasteiger partial charge in [0.2, 0.25) is 5.91 Å². The van der Waals surface area contributed by atoms with Gasteiger partial charge < -0.3 is 15.0 Å². The number of methoxy groups -OCH3 is 1. The highest BCUT2D eigenvalue weighted by molar-refractivity contribution is 6.06. The predicted octanol–water partition coefficient (Wildman–Crippen LogP) is 6.17. The quantitative estimate of drug-likeness (QED) is 0.327. The number of carbonyl (C=O) groups excluding carboxylic acids is 2. The van der Waals surface area contributed by atoms with E-state index < -0.39 is 0 Å². The van der Waals surface area contributed by atoms with E-state index in [2.05, 4.69) is 5.32 Å². The van der Waals surface area contributed by atoms with Crippen LogP contribution in [0.4, 0.5) is 15.8 Å². The van der Waals surface area contributed by atoms with Gasteiger partial charge >= 0.3 is 0 Å². The van der Waals surface area contributed by atoms with E-state index in [0.29, 0.717) is 28.3 Å². The van der Waals surface area contributed by atoms with Crippen molar-refractivity contribution in [1.82, 2.24) is 0 Å². The molecule has 6 heteroatoms. The standard InChI is InChI=1S/C30H27FN2O3/c1-21-6-10-24(11-7-21)30(35)33(20-23-4-3-5-25(31)18-23)27-14-8-22(9-15-27)19-29(34)32-26-12-16-28(36-2)17-13-26/h3-18H,19-20H2,1-2H3,(H,32,34). The summed E-state index contributed by atoms with van der Waals surface area (Å²) in [4.78, 5) is 27.5. The second-order valence-electron chi connectivity index (χ2n) is 8.51. The zero-order chi connectivity index (χ0) is 25.5. The van der Waals surface area contributed by atoms with Crippen LogP contribution in [-0.2, 0) is 17.8 Å². The first-order valence-corrected chi connectivity index (χ1v) is 11.6. The molecule has 4 aromatic rings. The van der Waals surface area contributed by atoms with Crippen LogP contribution in [0.1, 0.15) is 27.0 Å². The summed E-state index contributed by atoms with van der Waals surface area (Å²) in [7, 11) is 1.59. The lowest BCUT2D eigenvalue weighted by Crippen LogP contribution is -2.30. The van der Waals surface area contributed by atoms with Gasteiger partial charge in [0.15, 0.2) is 0 Å². The van der Waals surface area contributed by atoms with Gasteiger partial charge in [-0.25, -0.2) is 4.39 Å². The van der Waals surface area contributed by atoms with Gasteiger partial charge in [0.05, 0.1) is 20.1 Å². The maximum absolute atomic E-state index is 13.8. The Balaban J connectivity index is 1.51. The van der Waals surface area contributed by atoms with Gasteiger partial charge in [-0.2, -0.15) is 0 Å². The topological polar surface area (TPSA) is 58.6 Å². The largest absolute Gasteiger partial charge is 0.497 e. The number of anilines is 2. The minimum Gasteiger partial charge on any atom is -0.497 e. The average Bonchev–Trinajstić information content (AvgIpc) is 2.88. The third-order valence-corrected chi connectivity index (χ3v) is 5.76. The lowest BCUT2D eigenvalue weighted by Gasteiger charge is -2.24. The molecule has 0 radical (unpaired) electrons. The van der Waals surface area contributed by atoms with E-state index in [-0.39, 0.29) is 30.6 Å². The van der Waals surface area contributed by atoms with Gasteiger partial charge in [-0.15, -0.1) is 0 Å². The molecule has 1 N–H and O–H groups in total. The van der Waals surface area contributed by atoms with E-state index in [9.17, 15) is 14.0 Å². The fraction of sp³-hybridized carbons (Fsp3) is 0.133. The Hall–Kier alpha value is -4.45. The summed E-state index contributed by atoms with van der Waals surface area (Å²) < 4.78 is 18.9. The molecular weight excluding hydrogens is 455 g/mol. The Labute approximate surface area is 210 Å². The van der Waals surface area contributed by atoms with Crippen LogP contribution < -0.4 is 15.0 Å². The van der Waals surface area contributed by atoms with Crippen LogP contribution in [-0.4, -0.2) is 18.9 Å². The smallest absolute Gasteiger partial charge is 0.258 e. The van der Waals surface area contributed by atoms with E-state index in [1.54, 1.807) is 72.7 Å². The van der Waals surface area contributed by atoms with E-state index in [0.717, 1.165) is 11.1 Å². The highest BCUT2D eigenvalue weighted by Gasteiger charge is 2.19. The number of amides is 2. The molecule has 0 bridgehead atoms. The summed E-state index contributed by atoms with van der Waals surface area (Å²) >= 11 is 0. The third-order valence-electron chi connectivity index (χ3n) is 5.76. The Morgan fingerprint density at radius 2 is 1.56 bits per heavy atom. The maximum atomic E-state index is 13.8. The van der Waals surface area contributed by atoms with E-state index >= 15 is 0 Å². The van der Waals surface area contributed by atoms with Crippen molar-refractivity contribution in [3.8, 4) is 5.75 Å². The number of hydrogen-bond donors (Lipinski definition) is 1. The van der Waals surface area contributed by atoms with Crippen LogP contribution in [0.15, 0.2) is 97.1 Å². The lowest BCUT2D eigenvalue weighted by atomic mass is 10.1. The molecule has 0 aromatic heterocycles. The molecule has 0 aliphatic carbocycles. The highest BCUT2D eigenvalue weighted by atomic mass is 19.1. The Morgan fingerprint density at radius 3 is 2.19 bits per heavy atom. The molecule has 4 rings (SSSR count). The second-order valence-corrected chi connectivity index (χ2v) is 8.51. The average molecular weight is 483 g/mol. The predicted molar refractivity (Wildman–Crippen MR) is 140 cm³/mol. The number of aryl methyl sites for hydroxylation is 1. The fourth-order valence-electron chi connectivity index (χ4n) is 3.81. The Bertz CT molecular complexity index is 1330. The highest BCUT2D eigenvalue weighted by Crippen LogP contribution is 2.22. The van der Waals surface area contributed by atoms with Crippen molar-refractivity contribution in [2.24, 2.45) is 0 Å². The van der Waals surface area contributed by atoms with Gasteiger partial charge in [0.1, 0.15) is 11.6 Å². The maximum Gasteiger partial charge on any atom is 0.258 e. The van der Waals surface area contributed by atoms with Crippen molar-refractivity contribution in [2.75, 3.05) is 17.3 Å². The van der Waals surface area contributed by atoms with Crippen LogP contribution in [0.25, 0.3) is 0 Å². The SMILES string of the molecule is COc1ccc(NC(=O)Cc2ccc(N(Cc3cccc(F)c3)C(=O)c3ccc(C)cc3)cc2)cc1. The van der Waals surface area contributed by atoms with Crippen molar-refractivity contribution in [1.29, 1.82) is 0 Å². The van der Waals surface area contributed by atoms with Crippen molar-refractivity contribution < 1.29 is 18.7 Å². The first-order valence-electron chi connectivity index (χ1n) is 11.6. The van der Waals surface area contributed by atoms with Crippen molar-refractivity contribution in [3.05, 3.63) is 125 Å². The van der Waals surface area contributed by atoms with Gasteiger partial charge in [-0.05, 0) is 78.7 Å². The minimum absolute atomic E-state index is 0.153. The number of ether oxygens (including phenoxy) is 1. The monoisotopic (exact) mass is 482 g/mol. The van der Waals surface area contributed by atoms with E-state index in [1.807, 2.05) is 31.2 Å². The molecule has 0 atom stereocenters. The molecule has 0 unspecified atom stereocenters. The number of halogens is 1. The zero-order valence-corrected chi connectivity index (χ0v) is 20.2. The number of nitrogens with one attached hydrogen (secondary N) is 1. The Kier molecular flexibility index (Phi) is 7.75. The second kappa shape index (κ2) is 11.3.